The smallest absolute Gasteiger partial charge is 0.246 e. The predicted octanol–water partition coefficient (Wildman–Crippen LogP) is 0.0286. The van der Waals surface area contributed by atoms with E-state index < -0.39 is 5.91 Å². The number of primary amides is 1. The van der Waals surface area contributed by atoms with Crippen molar-refractivity contribution in [3.05, 3.63) is 30.1 Å². The third-order valence-corrected chi connectivity index (χ3v) is 2.43. The molecule has 0 aliphatic heterocycles. The van der Waals surface area contributed by atoms with Crippen LogP contribution in [0.1, 0.15) is 12.2 Å². The minimum Gasteiger partial charge on any atom is -0.368 e. The van der Waals surface area contributed by atoms with Gasteiger partial charge in [0.15, 0.2) is 6.61 Å². The van der Waals surface area contributed by atoms with E-state index >= 15 is 0 Å². The molecule has 0 saturated heterocycles. The van der Waals surface area contributed by atoms with Crippen molar-refractivity contribution >= 4 is 22.8 Å². The number of amides is 2. The lowest BCUT2D eigenvalue weighted by Crippen LogP contribution is -2.29. The number of para-hydroxylation sites is 2. The topological polar surface area (TPSA) is 110 Å². The Kier molecular flexibility index (Phi) is 4.09. The maximum Gasteiger partial charge on any atom is 0.246 e. The molecule has 0 saturated carbocycles. The van der Waals surface area contributed by atoms with Crippen LogP contribution >= 0.6 is 0 Å². The lowest BCUT2D eigenvalue weighted by Gasteiger charge is -2.02. The van der Waals surface area contributed by atoms with Crippen molar-refractivity contribution in [3.8, 4) is 0 Å². The second-order valence-electron chi connectivity index (χ2n) is 3.98. The molecule has 2 aromatic rings. The van der Waals surface area contributed by atoms with Crippen molar-refractivity contribution in [1.29, 1.82) is 0 Å². The Labute approximate surface area is 109 Å². The summed E-state index contributed by atoms with van der Waals surface area (Å²) in [6.45, 7) is -0.337. The number of nitrogens with two attached hydrogens (primary N) is 1. The summed E-state index contributed by atoms with van der Waals surface area (Å²) < 4.78 is 0. The Bertz CT molecular complexity index is 560. The number of hydrogen-bond acceptors (Lipinski definition) is 4. The van der Waals surface area contributed by atoms with E-state index in [4.69, 9.17) is 5.73 Å². The number of aromatic amines is 1. The van der Waals surface area contributed by atoms with Gasteiger partial charge in [-0.25, -0.2) is 10.5 Å². The lowest BCUT2D eigenvalue weighted by atomic mass is 10.3. The van der Waals surface area contributed by atoms with Crippen molar-refractivity contribution < 1.29 is 14.4 Å². The molecule has 0 bridgehead atoms. The Hall–Kier alpha value is -2.41. The van der Waals surface area contributed by atoms with Gasteiger partial charge in [0.25, 0.3) is 0 Å². The van der Waals surface area contributed by atoms with E-state index in [1.165, 1.54) is 0 Å². The molecular formula is C12H14N4O3. The van der Waals surface area contributed by atoms with Gasteiger partial charge in [-0.15, -0.1) is 0 Å². The van der Waals surface area contributed by atoms with Crippen LogP contribution in [0.5, 0.6) is 0 Å². The molecule has 0 aliphatic rings. The summed E-state index contributed by atoms with van der Waals surface area (Å²) in [6, 6.07) is 7.62. The van der Waals surface area contributed by atoms with Gasteiger partial charge in [0.05, 0.1) is 11.0 Å². The number of hydroxylamine groups is 1. The molecule has 0 unspecified atom stereocenters. The normalized spacial score (nSPS) is 10.5. The standard InChI is InChI=1S/C12H14N4O3/c13-10(17)7-19-16-12(18)6-5-11-14-8-3-1-2-4-9(8)15-11/h1-4H,5-7H2,(H2,13,17)(H,14,15)(H,16,18). The highest BCUT2D eigenvalue weighted by atomic mass is 16.7. The zero-order valence-electron chi connectivity index (χ0n) is 10.2. The zero-order valence-corrected chi connectivity index (χ0v) is 10.2. The second-order valence-corrected chi connectivity index (χ2v) is 3.98. The fourth-order valence-electron chi connectivity index (χ4n) is 1.59. The van der Waals surface area contributed by atoms with Crippen LogP contribution in [0.15, 0.2) is 24.3 Å². The van der Waals surface area contributed by atoms with Gasteiger partial charge in [-0.3, -0.25) is 14.4 Å². The summed E-state index contributed by atoms with van der Waals surface area (Å²) in [5, 5.41) is 0. The third kappa shape index (κ3) is 3.78. The molecule has 4 N–H and O–H groups in total. The van der Waals surface area contributed by atoms with E-state index in [1.54, 1.807) is 0 Å². The van der Waals surface area contributed by atoms with Crippen LogP contribution in [0, 0.1) is 0 Å². The summed E-state index contributed by atoms with van der Waals surface area (Å²) in [5.74, 6) is -0.245. The number of aromatic nitrogens is 2. The molecule has 0 atom stereocenters. The fourth-order valence-corrected chi connectivity index (χ4v) is 1.59. The SMILES string of the molecule is NC(=O)CONC(=O)CCc1nc2ccccc2[nH]1. The van der Waals surface area contributed by atoms with Crippen molar-refractivity contribution in [2.45, 2.75) is 12.8 Å². The minimum atomic E-state index is -0.641. The Morgan fingerprint density at radius 1 is 1.37 bits per heavy atom. The zero-order chi connectivity index (χ0) is 13.7. The van der Waals surface area contributed by atoms with Crippen LogP contribution in [0.25, 0.3) is 11.0 Å². The summed E-state index contributed by atoms with van der Waals surface area (Å²) in [6.07, 6.45) is 0.666. The monoisotopic (exact) mass is 262 g/mol. The third-order valence-electron chi connectivity index (χ3n) is 2.43. The lowest BCUT2D eigenvalue weighted by molar-refractivity contribution is -0.137. The van der Waals surface area contributed by atoms with E-state index in [1.807, 2.05) is 24.3 Å². The molecule has 19 heavy (non-hydrogen) atoms. The van der Waals surface area contributed by atoms with Crippen LogP contribution in [0.2, 0.25) is 0 Å². The molecule has 0 aliphatic carbocycles. The molecule has 7 heteroatoms. The number of carbonyl (C=O) groups excluding carboxylic acids is 2. The fraction of sp³-hybridized carbons (Fsp3) is 0.250. The summed E-state index contributed by atoms with van der Waals surface area (Å²) >= 11 is 0. The molecule has 2 amide bonds. The van der Waals surface area contributed by atoms with Gasteiger partial charge in [-0.1, -0.05) is 12.1 Å². The molecule has 1 aromatic carbocycles. The minimum absolute atomic E-state index is 0.207. The first-order valence-corrected chi connectivity index (χ1v) is 5.77. The number of hydrogen-bond donors (Lipinski definition) is 3. The van der Waals surface area contributed by atoms with Gasteiger partial charge in [-0.05, 0) is 12.1 Å². The molecular weight excluding hydrogens is 248 g/mol. The maximum atomic E-state index is 11.4. The maximum absolute atomic E-state index is 11.4. The van der Waals surface area contributed by atoms with Gasteiger partial charge in [0, 0.05) is 12.8 Å². The van der Waals surface area contributed by atoms with Crippen molar-refractivity contribution in [1.82, 2.24) is 15.4 Å². The largest absolute Gasteiger partial charge is 0.368 e. The Balaban J connectivity index is 1.81. The number of carbonyl (C=O) groups is 2. The number of imidazole rings is 1. The highest BCUT2D eigenvalue weighted by Gasteiger charge is 2.06. The molecule has 0 fully saturated rings. The van der Waals surface area contributed by atoms with Gasteiger partial charge in [-0.2, -0.15) is 0 Å². The van der Waals surface area contributed by atoms with Crippen LogP contribution in [0.4, 0.5) is 0 Å². The predicted molar refractivity (Wildman–Crippen MR) is 67.7 cm³/mol. The van der Waals surface area contributed by atoms with Crippen molar-refractivity contribution in [3.63, 3.8) is 0 Å². The highest BCUT2D eigenvalue weighted by molar-refractivity contribution is 5.77. The van der Waals surface area contributed by atoms with Crippen molar-refractivity contribution in [2.24, 2.45) is 5.73 Å². The Morgan fingerprint density at radius 2 is 2.16 bits per heavy atom. The average Bonchev–Trinajstić information content (AvgIpc) is 2.78. The Morgan fingerprint density at radius 3 is 2.89 bits per heavy atom. The molecule has 0 spiro atoms. The molecule has 7 nitrogen and oxygen atoms in total. The first-order chi connectivity index (χ1) is 9.15. The number of benzene rings is 1. The highest BCUT2D eigenvalue weighted by Crippen LogP contribution is 2.11. The summed E-state index contributed by atoms with van der Waals surface area (Å²) in [5.41, 5.74) is 8.79. The average molecular weight is 262 g/mol. The van der Waals surface area contributed by atoms with Gasteiger partial charge in [0.2, 0.25) is 11.8 Å². The van der Waals surface area contributed by atoms with Crippen LogP contribution < -0.4 is 11.2 Å². The quantitative estimate of drug-likeness (QED) is 0.638. The first kappa shape index (κ1) is 13.0. The molecule has 100 valence electrons. The van der Waals surface area contributed by atoms with Gasteiger partial charge < -0.3 is 10.7 Å². The number of aryl methyl sites for hydroxylation is 1. The molecule has 0 radical (unpaired) electrons. The first-order valence-electron chi connectivity index (χ1n) is 5.77. The van der Waals surface area contributed by atoms with E-state index in [9.17, 15) is 9.59 Å². The molecule has 2 rings (SSSR count). The summed E-state index contributed by atoms with van der Waals surface area (Å²) in [4.78, 5) is 33.8. The van der Waals surface area contributed by atoms with Crippen LogP contribution in [0.3, 0.4) is 0 Å². The van der Waals surface area contributed by atoms with Crippen molar-refractivity contribution in [2.75, 3.05) is 6.61 Å². The number of nitrogens with one attached hydrogen (secondary N) is 2. The van der Waals surface area contributed by atoms with E-state index in [0.29, 0.717) is 6.42 Å². The van der Waals surface area contributed by atoms with Gasteiger partial charge in [0.1, 0.15) is 5.82 Å². The molecule has 1 heterocycles. The number of nitrogens with zero attached hydrogens (tertiary/aromatic N) is 1. The van der Waals surface area contributed by atoms with Gasteiger partial charge >= 0.3 is 0 Å². The van der Waals surface area contributed by atoms with Crippen LogP contribution in [-0.2, 0) is 20.8 Å². The molecule has 1 aromatic heterocycles. The van der Waals surface area contributed by atoms with E-state index in [2.05, 4.69) is 20.3 Å². The van der Waals surface area contributed by atoms with E-state index in [0.717, 1.165) is 16.9 Å². The number of rotatable bonds is 6. The van der Waals surface area contributed by atoms with E-state index in [-0.39, 0.29) is 18.9 Å². The number of fused-ring (bicyclic) bond motifs is 1. The second kappa shape index (κ2) is 5.96. The van der Waals surface area contributed by atoms with Crippen LogP contribution in [-0.4, -0.2) is 28.4 Å². The summed E-state index contributed by atoms with van der Waals surface area (Å²) in [7, 11) is 0. The number of H-pyrrole nitrogens is 1.